The van der Waals surface area contributed by atoms with Crippen LogP contribution >= 0.6 is 8.25 Å². The maximum absolute atomic E-state index is 11.7. The van der Waals surface area contributed by atoms with Crippen molar-refractivity contribution in [3.05, 3.63) is 108 Å². The number of benzene rings is 3. The second-order valence-corrected chi connectivity index (χ2v) is 6.64. The average Bonchev–Trinajstić information content (AvgIpc) is 2.78. The van der Waals surface area contributed by atoms with Gasteiger partial charge in [-0.15, -0.1) is 9.79 Å². The largest absolute Gasteiger partial charge is 0.692 e. The topological polar surface area (TPSA) is 105 Å². The van der Waals surface area contributed by atoms with Crippen molar-refractivity contribution in [2.24, 2.45) is 0 Å². The molecule has 1 amide bonds. The third kappa shape index (κ3) is 10.7. The van der Waals surface area contributed by atoms with Crippen molar-refractivity contribution in [3.63, 3.8) is 0 Å². The van der Waals surface area contributed by atoms with Crippen LogP contribution in [0.2, 0.25) is 0 Å². The lowest BCUT2D eigenvalue weighted by atomic mass is 10.2. The van der Waals surface area contributed by atoms with Crippen molar-refractivity contribution < 1.29 is 28.6 Å². The van der Waals surface area contributed by atoms with Gasteiger partial charge in [0.05, 0.1) is 0 Å². The first-order chi connectivity index (χ1) is 15.0. The van der Waals surface area contributed by atoms with Gasteiger partial charge in [0.1, 0.15) is 19.0 Å². The molecule has 3 rings (SSSR count). The summed E-state index contributed by atoms with van der Waals surface area (Å²) >= 11 is 0. The number of rotatable bonds is 7. The van der Waals surface area contributed by atoms with Crippen molar-refractivity contribution in [2.45, 2.75) is 13.2 Å². The van der Waals surface area contributed by atoms with Gasteiger partial charge in [-0.05, 0) is 34.9 Å². The normalized spacial score (nSPS) is 10.0. The zero-order valence-electron chi connectivity index (χ0n) is 16.6. The summed E-state index contributed by atoms with van der Waals surface area (Å²) in [6.07, 6.45) is 2.87. The van der Waals surface area contributed by atoms with E-state index in [0.717, 1.165) is 22.4 Å². The van der Waals surface area contributed by atoms with Gasteiger partial charge < -0.3 is 9.47 Å². The molecule has 3 aromatic carbocycles. The van der Waals surface area contributed by atoms with Gasteiger partial charge in [-0.2, -0.15) is 0 Å². The molecule has 0 atom stereocenters. The van der Waals surface area contributed by atoms with Crippen LogP contribution in [-0.2, 0) is 22.5 Å². The number of amides is 1. The van der Waals surface area contributed by atoms with Gasteiger partial charge in [0.25, 0.3) is 0 Å². The number of ether oxygens (including phenoxy) is 2. The summed E-state index contributed by atoms with van der Waals surface area (Å²) < 4.78 is 19.6. The first-order valence-electron chi connectivity index (χ1n) is 9.28. The molecule has 0 fully saturated rings. The Morgan fingerprint density at radius 3 is 1.90 bits per heavy atom. The van der Waals surface area contributed by atoms with E-state index in [2.05, 4.69) is 5.32 Å². The van der Waals surface area contributed by atoms with Crippen LogP contribution in [0.4, 0.5) is 4.79 Å². The highest BCUT2D eigenvalue weighted by Crippen LogP contribution is 2.15. The summed E-state index contributed by atoms with van der Waals surface area (Å²) in [6, 6.07) is 27.2. The Balaban J connectivity index is 0.000000785. The molecule has 0 bridgehead atoms. The highest BCUT2D eigenvalue weighted by molar-refractivity contribution is 7.30. The summed E-state index contributed by atoms with van der Waals surface area (Å²) in [5.74, 6) is 0.797. The lowest BCUT2D eigenvalue weighted by Gasteiger charge is -2.06. The summed E-state index contributed by atoms with van der Waals surface area (Å²) in [5, 5.41) is 2.59. The zero-order valence-corrected chi connectivity index (χ0v) is 17.5. The standard InChI is InChI=1S/C23H21NO3.HO3P/c25-23(27-18-21-9-5-2-6-10-21)24-16-15-19-11-13-22(14-12-19)26-17-20-7-3-1-4-8-20;1-4(2)3/h1-16H,17-18H2,(H,24,25);(H-,1,2,3)/p+1. The Morgan fingerprint density at radius 1 is 0.839 bits per heavy atom. The van der Waals surface area contributed by atoms with Crippen LogP contribution in [0.3, 0.4) is 0 Å². The number of carbonyl (C=O) groups excluding carboxylic acids is 1. The molecule has 0 saturated heterocycles. The smallest absolute Gasteiger partial charge is 0.489 e. The Morgan fingerprint density at radius 2 is 1.35 bits per heavy atom. The van der Waals surface area contributed by atoms with Crippen LogP contribution < -0.4 is 10.1 Å². The molecular weight excluding hydrogens is 417 g/mol. The van der Waals surface area contributed by atoms with Crippen molar-refractivity contribution in [3.8, 4) is 5.75 Å². The van der Waals surface area contributed by atoms with Gasteiger partial charge in [-0.25, -0.2) is 4.79 Å². The minimum absolute atomic E-state index is 0.244. The molecule has 160 valence electrons. The summed E-state index contributed by atoms with van der Waals surface area (Å²) in [6.45, 7) is 0.777. The van der Waals surface area contributed by atoms with Gasteiger partial charge >= 0.3 is 14.3 Å². The molecular formula is C23H23NO6P+. The molecule has 0 saturated carbocycles. The molecule has 0 radical (unpaired) electrons. The fourth-order valence-corrected chi connectivity index (χ4v) is 2.39. The number of carbonyl (C=O) groups is 1. The van der Waals surface area contributed by atoms with Gasteiger partial charge in [0.2, 0.25) is 0 Å². The second kappa shape index (κ2) is 13.7. The van der Waals surface area contributed by atoms with E-state index in [9.17, 15) is 4.79 Å². The first-order valence-corrected chi connectivity index (χ1v) is 10.4. The molecule has 0 aromatic heterocycles. The Labute approximate surface area is 181 Å². The van der Waals surface area contributed by atoms with Gasteiger partial charge in [-0.3, -0.25) is 5.32 Å². The lowest BCUT2D eigenvalue weighted by Crippen LogP contribution is -2.18. The van der Waals surface area contributed by atoms with Crippen LogP contribution in [0.5, 0.6) is 5.75 Å². The van der Waals surface area contributed by atoms with Gasteiger partial charge in [0.15, 0.2) is 0 Å². The number of nitrogens with one attached hydrogen (secondary N) is 1. The Kier molecular flexibility index (Phi) is 10.5. The van der Waals surface area contributed by atoms with E-state index in [-0.39, 0.29) is 6.61 Å². The molecule has 0 aliphatic rings. The minimum atomic E-state index is -2.87. The van der Waals surface area contributed by atoms with E-state index in [1.807, 2.05) is 84.9 Å². The SMILES string of the molecule is O=C(NC=Cc1ccc(OCc2ccccc2)cc1)OCc1ccccc1.O=[P+](O)O. The van der Waals surface area contributed by atoms with Crippen molar-refractivity contribution >= 4 is 20.4 Å². The number of hydrogen-bond donors (Lipinski definition) is 3. The van der Waals surface area contributed by atoms with Crippen LogP contribution in [-0.4, -0.2) is 15.9 Å². The van der Waals surface area contributed by atoms with Gasteiger partial charge in [-0.1, -0.05) is 72.8 Å². The van der Waals surface area contributed by atoms with E-state index < -0.39 is 14.3 Å². The van der Waals surface area contributed by atoms with E-state index in [0.29, 0.717) is 6.61 Å². The van der Waals surface area contributed by atoms with Crippen LogP contribution in [0.15, 0.2) is 91.1 Å². The van der Waals surface area contributed by atoms with E-state index in [1.165, 1.54) is 0 Å². The molecule has 0 heterocycles. The van der Waals surface area contributed by atoms with Crippen LogP contribution in [0.1, 0.15) is 16.7 Å². The molecule has 3 N–H and O–H groups in total. The van der Waals surface area contributed by atoms with Crippen molar-refractivity contribution in [1.29, 1.82) is 0 Å². The summed E-state index contributed by atoms with van der Waals surface area (Å²) in [5.41, 5.74) is 3.02. The lowest BCUT2D eigenvalue weighted by molar-refractivity contribution is 0.143. The molecule has 7 nitrogen and oxygen atoms in total. The zero-order chi connectivity index (χ0) is 22.3. The number of hydrogen-bond acceptors (Lipinski definition) is 4. The van der Waals surface area contributed by atoms with E-state index >= 15 is 0 Å². The summed E-state index contributed by atoms with van der Waals surface area (Å²) in [7, 11) is -2.87. The Bertz CT molecular complexity index is 958. The maximum atomic E-state index is 11.7. The number of alkyl carbamates (subject to hydrolysis) is 1. The van der Waals surface area contributed by atoms with E-state index in [4.69, 9.17) is 23.8 Å². The fourth-order valence-electron chi connectivity index (χ4n) is 2.39. The average molecular weight is 440 g/mol. The molecule has 0 aliphatic carbocycles. The minimum Gasteiger partial charge on any atom is -0.489 e. The molecule has 3 aromatic rings. The van der Waals surface area contributed by atoms with Crippen molar-refractivity contribution in [1.82, 2.24) is 5.32 Å². The molecule has 31 heavy (non-hydrogen) atoms. The third-order valence-electron chi connectivity index (χ3n) is 3.82. The maximum Gasteiger partial charge on any atom is 0.692 e. The molecule has 0 aliphatic heterocycles. The van der Waals surface area contributed by atoms with E-state index in [1.54, 1.807) is 12.3 Å². The second-order valence-electron chi connectivity index (χ2n) is 6.14. The highest BCUT2D eigenvalue weighted by Gasteiger charge is 2.00. The monoisotopic (exact) mass is 440 g/mol. The predicted molar refractivity (Wildman–Crippen MR) is 118 cm³/mol. The third-order valence-corrected chi connectivity index (χ3v) is 3.82. The summed E-state index contributed by atoms with van der Waals surface area (Å²) in [4.78, 5) is 25.9. The highest BCUT2D eigenvalue weighted by atomic mass is 31.1. The molecule has 0 unspecified atom stereocenters. The first kappa shape index (κ1) is 23.8. The Hall–Kier alpha value is -3.51. The predicted octanol–water partition coefficient (Wildman–Crippen LogP) is 4.79. The quantitative estimate of drug-likeness (QED) is 0.456. The van der Waals surface area contributed by atoms with Gasteiger partial charge in [0, 0.05) is 10.8 Å². The van der Waals surface area contributed by atoms with Crippen molar-refractivity contribution in [2.75, 3.05) is 0 Å². The fraction of sp³-hybridized carbons (Fsp3) is 0.0870. The van der Waals surface area contributed by atoms with Crippen LogP contribution in [0.25, 0.3) is 6.08 Å². The molecule has 8 heteroatoms. The molecule has 0 spiro atoms. The van der Waals surface area contributed by atoms with Crippen LogP contribution in [0, 0.1) is 0 Å².